The number of hydrogen-bond donors (Lipinski definition) is 1. The molecule has 0 aliphatic carbocycles. The van der Waals surface area contributed by atoms with E-state index < -0.39 is 0 Å². The van der Waals surface area contributed by atoms with Gasteiger partial charge in [0.25, 0.3) is 0 Å². The first-order valence-corrected chi connectivity index (χ1v) is 6.38. The van der Waals surface area contributed by atoms with Crippen molar-refractivity contribution in [2.75, 3.05) is 0 Å². The first kappa shape index (κ1) is 11.1. The number of aromatic amines is 1. The Kier molecular flexibility index (Phi) is 2.48. The fourth-order valence-corrected chi connectivity index (χ4v) is 2.73. The number of ketones is 1. The molecule has 0 amide bonds. The van der Waals surface area contributed by atoms with Gasteiger partial charge in [-0.25, -0.2) is 9.97 Å². The summed E-state index contributed by atoms with van der Waals surface area (Å²) in [6, 6.07) is 5.94. The number of benzene rings is 1. The molecule has 90 valence electrons. The number of rotatable bonds is 2. The summed E-state index contributed by atoms with van der Waals surface area (Å²) in [7, 11) is 0. The number of H-pyrrole nitrogens is 1. The van der Waals surface area contributed by atoms with Gasteiger partial charge in [-0.15, -0.1) is 11.3 Å². The molecule has 0 saturated heterocycles. The van der Waals surface area contributed by atoms with Crippen LogP contribution in [0.5, 0.6) is 0 Å². The molecule has 1 N–H and O–H groups in total. The van der Waals surface area contributed by atoms with Gasteiger partial charge in [-0.1, -0.05) is 6.07 Å². The molecule has 2 heterocycles. The molecule has 0 aliphatic heterocycles. The van der Waals surface area contributed by atoms with E-state index in [0.717, 1.165) is 27.2 Å². The van der Waals surface area contributed by atoms with Crippen LogP contribution in [0.2, 0.25) is 0 Å². The highest BCUT2D eigenvalue weighted by Crippen LogP contribution is 2.29. The van der Waals surface area contributed by atoms with Crippen molar-refractivity contribution in [2.24, 2.45) is 0 Å². The molecule has 0 spiro atoms. The first-order valence-electron chi connectivity index (χ1n) is 5.57. The van der Waals surface area contributed by atoms with E-state index >= 15 is 0 Å². The molecule has 1 aromatic carbocycles. The van der Waals surface area contributed by atoms with Crippen molar-refractivity contribution in [3.63, 3.8) is 0 Å². The van der Waals surface area contributed by atoms with Gasteiger partial charge in [0.2, 0.25) is 0 Å². The topological polar surface area (TPSA) is 58.6 Å². The summed E-state index contributed by atoms with van der Waals surface area (Å²) in [6.45, 7) is 3.52. The molecule has 3 rings (SSSR count). The lowest BCUT2D eigenvalue weighted by molar-refractivity contribution is 0.101. The van der Waals surface area contributed by atoms with Crippen molar-refractivity contribution in [3.8, 4) is 11.3 Å². The molecule has 0 radical (unpaired) electrons. The highest BCUT2D eigenvalue weighted by Gasteiger charge is 2.13. The number of nitrogens with zero attached hydrogens (tertiary/aromatic N) is 2. The molecule has 18 heavy (non-hydrogen) atoms. The van der Waals surface area contributed by atoms with Gasteiger partial charge in [-0.05, 0) is 19.1 Å². The number of carbonyl (C=O) groups is 1. The second-order valence-electron chi connectivity index (χ2n) is 4.11. The number of aromatic nitrogens is 3. The Balaban J connectivity index is 2.15. The van der Waals surface area contributed by atoms with Crippen LogP contribution < -0.4 is 0 Å². The van der Waals surface area contributed by atoms with Crippen LogP contribution in [0.3, 0.4) is 0 Å². The van der Waals surface area contributed by atoms with Crippen molar-refractivity contribution in [2.45, 2.75) is 13.8 Å². The number of hydrogen-bond acceptors (Lipinski definition) is 4. The van der Waals surface area contributed by atoms with Gasteiger partial charge >= 0.3 is 0 Å². The molecule has 0 saturated carbocycles. The predicted octanol–water partition coefficient (Wildman–Crippen LogP) is 3.20. The van der Waals surface area contributed by atoms with Crippen molar-refractivity contribution in [3.05, 3.63) is 34.4 Å². The zero-order valence-corrected chi connectivity index (χ0v) is 10.8. The Morgan fingerprint density at radius 2 is 2.22 bits per heavy atom. The summed E-state index contributed by atoms with van der Waals surface area (Å²) in [4.78, 5) is 24.1. The van der Waals surface area contributed by atoms with Crippen LogP contribution in [0.1, 0.15) is 21.6 Å². The first-order chi connectivity index (χ1) is 8.65. The number of nitrogens with one attached hydrogen (secondary N) is 1. The number of carbonyl (C=O) groups excluding carboxylic acids is 1. The zero-order chi connectivity index (χ0) is 12.7. The van der Waals surface area contributed by atoms with E-state index in [-0.39, 0.29) is 5.78 Å². The van der Waals surface area contributed by atoms with Crippen molar-refractivity contribution < 1.29 is 4.79 Å². The molecular weight excluding hydrogens is 246 g/mol. The maximum absolute atomic E-state index is 11.3. The van der Waals surface area contributed by atoms with Crippen LogP contribution in [0.4, 0.5) is 0 Å². The maximum atomic E-state index is 11.3. The normalized spacial score (nSPS) is 11.0. The van der Waals surface area contributed by atoms with Gasteiger partial charge in [-0.2, -0.15) is 0 Å². The molecule has 0 aliphatic rings. The van der Waals surface area contributed by atoms with Crippen molar-refractivity contribution in [1.82, 2.24) is 15.0 Å². The molecule has 4 nitrogen and oxygen atoms in total. The SMILES string of the molecule is CC(=O)c1nc(-c2ccc3nc[nH]c3c2)c(C)s1. The average molecular weight is 257 g/mol. The molecule has 3 aromatic rings. The largest absolute Gasteiger partial charge is 0.345 e. The predicted molar refractivity (Wildman–Crippen MR) is 71.9 cm³/mol. The molecule has 2 aromatic heterocycles. The van der Waals surface area contributed by atoms with Crippen LogP contribution in [0.25, 0.3) is 22.3 Å². The summed E-state index contributed by atoms with van der Waals surface area (Å²) in [5.41, 5.74) is 3.79. The van der Waals surface area contributed by atoms with Crippen LogP contribution in [-0.2, 0) is 0 Å². The number of Topliss-reactive ketones (excluding diaryl/α,β-unsaturated/α-hetero) is 1. The second-order valence-corrected chi connectivity index (χ2v) is 5.32. The second kappa shape index (κ2) is 4.03. The smallest absolute Gasteiger partial charge is 0.188 e. The van der Waals surface area contributed by atoms with Gasteiger partial charge in [0.1, 0.15) is 0 Å². The number of aryl methyl sites for hydroxylation is 1. The maximum Gasteiger partial charge on any atom is 0.188 e. The van der Waals surface area contributed by atoms with Crippen molar-refractivity contribution in [1.29, 1.82) is 0 Å². The number of thiazole rings is 1. The molecule has 0 bridgehead atoms. The quantitative estimate of drug-likeness (QED) is 0.717. The third kappa shape index (κ3) is 1.73. The van der Waals surface area contributed by atoms with E-state index in [1.165, 1.54) is 11.3 Å². The Bertz CT molecular complexity index is 742. The van der Waals surface area contributed by atoms with Gasteiger partial charge in [0, 0.05) is 17.4 Å². The zero-order valence-electron chi connectivity index (χ0n) is 10.0. The Morgan fingerprint density at radius 1 is 1.39 bits per heavy atom. The summed E-state index contributed by atoms with van der Waals surface area (Å²) < 4.78 is 0. The molecule has 0 fully saturated rings. The van der Waals surface area contributed by atoms with Crippen LogP contribution in [0, 0.1) is 6.92 Å². The molecule has 0 unspecified atom stereocenters. The van der Waals surface area contributed by atoms with E-state index in [2.05, 4.69) is 15.0 Å². The lowest BCUT2D eigenvalue weighted by Gasteiger charge is -1.98. The summed E-state index contributed by atoms with van der Waals surface area (Å²) in [6.07, 6.45) is 1.67. The minimum atomic E-state index is 0.0111. The lowest BCUT2D eigenvalue weighted by Crippen LogP contribution is -1.90. The highest BCUT2D eigenvalue weighted by atomic mass is 32.1. The number of fused-ring (bicyclic) bond motifs is 1. The van der Waals surface area contributed by atoms with Crippen LogP contribution >= 0.6 is 11.3 Å². The average Bonchev–Trinajstić information content (AvgIpc) is 2.93. The van der Waals surface area contributed by atoms with E-state index in [1.807, 2.05) is 25.1 Å². The van der Waals surface area contributed by atoms with Gasteiger partial charge in [0.05, 0.1) is 23.1 Å². The van der Waals surface area contributed by atoms with Crippen LogP contribution in [-0.4, -0.2) is 20.7 Å². The van der Waals surface area contributed by atoms with Gasteiger partial charge in [0.15, 0.2) is 10.8 Å². The van der Waals surface area contributed by atoms with E-state index in [1.54, 1.807) is 13.3 Å². The molecular formula is C13H11N3OS. The third-order valence-corrected chi connectivity index (χ3v) is 3.86. The van der Waals surface area contributed by atoms with Crippen molar-refractivity contribution >= 4 is 28.2 Å². The Labute approximate surface area is 108 Å². The minimum absolute atomic E-state index is 0.0111. The van der Waals surface area contributed by atoms with Crippen LogP contribution in [0.15, 0.2) is 24.5 Å². The molecule has 5 heteroatoms. The van der Waals surface area contributed by atoms with E-state index in [9.17, 15) is 4.79 Å². The fourth-order valence-electron chi connectivity index (χ4n) is 1.90. The summed E-state index contributed by atoms with van der Waals surface area (Å²) in [5, 5.41) is 0.562. The van der Waals surface area contributed by atoms with Gasteiger partial charge in [-0.3, -0.25) is 4.79 Å². The Hall–Kier alpha value is -2.01. The third-order valence-electron chi connectivity index (χ3n) is 2.79. The van der Waals surface area contributed by atoms with E-state index in [4.69, 9.17) is 0 Å². The highest BCUT2D eigenvalue weighted by molar-refractivity contribution is 7.14. The summed E-state index contributed by atoms with van der Waals surface area (Å²) in [5.74, 6) is 0.0111. The summed E-state index contributed by atoms with van der Waals surface area (Å²) >= 11 is 1.44. The van der Waals surface area contributed by atoms with Gasteiger partial charge < -0.3 is 4.98 Å². The standard InChI is InChI=1S/C13H11N3OS/c1-7(17)13-16-12(8(2)18-13)9-3-4-10-11(5-9)15-6-14-10/h3-6H,1-2H3,(H,14,15). The lowest BCUT2D eigenvalue weighted by atomic mass is 10.1. The minimum Gasteiger partial charge on any atom is -0.345 e. The monoisotopic (exact) mass is 257 g/mol. The number of imidazole rings is 1. The van der Waals surface area contributed by atoms with E-state index in [0.29, 0.717) is 5.01 Å². The fraction of sp³-hybridized carbons (Fsp3) is 0.154. The Morgan fingerprint density at radius 3 is 2.94 bits per heavy atom. The molecule has 0 atom stereocenters.